The van der Waals surface area contributed by atoms with Crippen molar-refractivity contribution < 1.29 is 19.1 Å². The van der Waals surface area contributed by atoms with Gasteiger partial charge < -0.3 is 4.74 Å². The molecule has 6 heteroatoms. The van der Waals surface area contributed by atoms with Gasteiger partial charge in [-0.25, -0.2) is 9.78 Å². The number of piperidine rings is 1. The van der Waals surface area contributed by atoms with Gasteiger partial charge in [0, 0.05) is 11.9 Å². The van der Waals surface area contributed by atoms with Gasteiger partial charge in [0.25, 0.3) is 0 Å². The standard InChI is InChI=1S/C21H24N2O4/c1-13-18(24)15(11-12-23(13)20(26)27-21(2,3)4)19(25)17-10-9-14-7-5-6-8-16(14)22-17/h5-10,13,15H,11-12H2,1-4H3. The summed E-state index contributed by atoms with van der Waals surface area (Å²) in [6, 6.07) is 10.3. The molecule has 1 fully saturated rings. The Kier molecular flexibility index (Phi) is 5.00. The zero-order valence-electron chi connectivity index (χ0n) is 16.1. The van der Waals surface area contributed by atoms with Gasteiger partial charge in [0.1, 0.15) is 11.3 Å². The van der Waals surface area contributed by atoms with Gasteiger partial charge in [-0.1, -0.05) is 24.3 Å². The molecule has 1 aliphatic heterocycles. The molecule has 2 unspecified atom stereocenters. The van der Waals surface area contributed by atoms with Crippen LogP contribution in [-0.2, 0) is 9.53 Å². The van der Waals surface area contributed by atoms with Crippen LogP contribution >= 0.6 is 0 Å². The molecule has 0 spiro atoms. The number of fused-ring (bicyclic) bond motifs is 1. The van der Waals surface area contributed by atoms with Crippen LogP contribution in [0.5, 0.6) is 0 Å². The Morgan fingerprint density at radius 2 is 1.85 bits per heavy atom. The number of nitrogens with zero attached hydrogens (tertiary/aromatic N) is 2. The van der Waals surface area contributed by atoms with E-state index in [1.54, 1.807) is 33.8 Å². The summed E-state index contributed by atoms with van der Waals surface area (Å²) < 4.78 is 5.36. The van der Waals surface area contributed by atoms with Crippen LogP contribution in [0.15, 0.2) is 36.4 Å². The maximum absolute atomic E-state index is 12.9. The molecule has 1 amide bonds. The second kappa shape index (κ2) is 7.10. The number of likely N-dealkylation sites (tertiary alicyclic amines) is 1. The van der Waals surface area contributed by atoms with Crippen molar-refractivity contribution in [3.05, 3.63) is 42.1 Å². The average molecular weight is 368 g/mol. The van der Waals surface area contributed by atoms with E-state index in [1.165, 1.54) is 4.90 Å². The van der Waals surface area contributed by atoms with Gasteiger partial charge in [0.2, 0.25) is 0 Å². The number of hydrogen-bond donors (Lipinski definition) is 0. The molecule has 0 N–H and O–H groups in total. The van der Waals surface area contributed by atoms with Gasteiger partial charge in [-0.3, -0.25) is 14.5 Å². The van der Waals surface area contributed by atoms with E-state index in [2.05, 4.69) is 4.98 Å². The van der Waals surface area contributed by atoms with E-state index in [0.717, 1.165) is 10.9 Å². The first-order valence-corrected chi connectivity index (χ1v) is 9.11. The van der Waals surface area contributed by atoms with Crippen molar-refractivity contribution >= 4 is 28.6 Å². The average Bonchev–Trinajstić information content (AvgIpc) is 2.61. The summed E-state index contributed by atoms with van der Waals surface area (Å²) in [4.78, 5) is 43.8. The summed E-state index contributed by atoms with van der Waals surface area (Å²) in [5.74, 6) is -1.35. The van der Waals surface area contributed by atoms with Gasteiger partial charge in [0.05, 0.1) is 17.5 Å². The van der Waals surface area contributed by atoms with Crippen molar-refractivity contribution in [1.29, 1.82) is 0 Å². The monoisotopic (exact) mass is 368 g/mol. The van der Waals surface area contributed by atoms with Gasteiger partial charge in [0.15, 0.2) is 11.6 Å². The van der Waals surface area contributed by atoms with E-state index in [1.807, 2.05) is 30.3 Å². The Morgan fingerprint density at radius 1 is 1.15 bits per heavy atom. The number of ether oxygens (including phenoxy) is 1. The number of benzene rings is 1. The molecule has 142 valence electrons. The summed E-state index contributed by atoms with van der Waals surface area (Å²) in [6.07, 6.45) is -0.256. The second-order valence-electron chi connectivity index (χ2n) is 7.85. The van der Waals surface area contributed by atoms with E-state index in [-0.39, 0.29) is 23.7 Å². The molecule has 0 bridgehead atoms. The van der Waals surface area contributed by atoms with Crippen LogP contribution in [0, 0.1) is 5.92 Å². The number of aromatic nitrogens is 1. The van der Waals surface area contributed by atoms with Crippen LogP contribution in [0.1, 0.15) is 44.6 Å². The summed E-state index contributed by atoms with van der Waals surface area (Å²) in [5.41, 5.74) is 0.363. The topological polar surface area (TPSA) is 76.6 Å². The van der Waals surface area contributed by atoms with Crippen molar-refractivity contribution in [3.63, 3.8) is 0 Å². The van der Waals surface area contributed by atoms with Gasteiger partial charge in [-0.2, -0.15) is 0 Å². The first kappa shape index (κ1) is 19.0. The molecular formula is C21H24N2O4. The second-order valence-corrected chi connectivity index (χ2v) is 7.85. The summed E-state index contributed by atoms with van der Waals surface area (Å²) in [7, 11) is 0. The Hall–Kier alpha value is -2.76. The Labute approximate surface area is 158 Å². The molecule has 0 saturated carbocycles. The van der Waals surface area contributed by atoms with Gasteiger partial charge in [-0.15, -0.1) is 0 Å². The minimum absolute atomic E-state index is 0.271. The van der Waals surface area contributed by atoms with Crippen molar-refractivity contribution in [2.75, 3.05) is 6.54 Å². The molecule has 1 aromatic heterocycles. The van der Waals surface area contributed by atoms with Crippen LogP contribution in [0.3, 0.4) is 0 Å². The highest BCUT2D eigenvalue weighted by molar-refractivity contribution is 6.12. The van der Waals surface area contributed by atoms with Crippen molar-refractivity contribution in [3.8, 4) is 0 Å². The van der Waals surface area contributed by atoms with Crippen LogP contribution in [0.4, 0.5) is 4.79 Å². The van der Waals surface area contributed by atoms with Crippen LogP contribution in [0.25, 0.3) is 10.9 Å². The lowest BCUT2D eigenvalue weighted by Gasteiger charge is -2.36. The minimum atomic E-state index is -0.785. The fraction of sp³-hybridized carbons (Fsp3) is 0.429. The SMILES string of the molecule is CC1C(=O)C(C(=O)c2ccc3ccccc3n2)CCN1C(=O)OC(C)(C)C. The van der Waals surface area contributed by atoms with E-state index in [4.69, 9.17) is 4.74 Å². The van der Waals surface area contributed by atoms with E-state index < -0.39 is 23.7 Å². The maximum atomic E-state index is 12.9. The van der Waals surface area contributed by atoms with Gasteiger partial charge >= 0.3 is 6.09 Å². The van der Waals surface area contributed by atoms with E-state index in [9.17, 15) is 14.4 Å². The number of amides is 1. The number of carbonyl (C=O) groups is 3. The third-order valence-electron chi connectivity index (χ3n) is 4.68. The Bertz CT molecular complexity index is 900. The highest BCUT2D eigenvalue weighted by Crippen LogP contribution is 2.25. The maximum Gasteiger partial charge on any atom is 0.410 e. The number of rotatable bonds is 2. The molecule has 1 aromatic carbocycles. The van der Waals surface area contributed by atoms with Crippen molar-refractivity contribution in [2.24, 2.45) is 5.92 Å². The smallest absolute Gasteiger partial charge is 0.410 e. The van der Waals surface area contributed by atoms with Crippen LogP contribution < -0.4 is 0 Å². The fourth-order valence-corrected chi connectivity index (χ4v) is 3.26. The number of para-hydroxylation sites is 1. The molecule has 3 rings (SSSR count). The predicted molar refractivity (Wildman–Crippen MR) is 102 cm³/mol. The van der Waals surface area contributed by atoms with Crippen molar-refractivity contribution in [1.82, 2.24) is 9.88 Å². The Morgan fingerprint density at radius 3 is 2.56 bits per heavy atom. The molecule has 2 heterocycles. The molecule has 0 aliphatic carbocycles. The predicted octanol–water partition coefficient (Wildman–Crippen LogP) is 3.63. The normalized spacial score (nSPS) is 20.6. The quantitative estimate of drug-likeness (QED) is 0.597. The zero-order valence-corrected chi connectivity index (χ0v) is 16.1. The number of Topliss-reactive ketones (excluding diaryl/α,β-unsaturated/α-hetero) is 2. The molecule has 0 radical (unpaired) electrons. The number of hydrogen-bond acceptors (Lipinski definition) is 5. The number of pyridine rings is 1. The summed E-state index contributed by atoms with van der Waals surface area (Å²) in [5, 5.41) is 0.938. The fourth-order valence-electron chi connectivity index (χ4n) is 3.26. The third kappa shape index (κ3) is 3.99. The Balaban J connectivity index is 1.77. The lowest BCUT2D eigenvalue weighted by molar-refractivity contribution is -0.129. The highest BCUT2D eigenvalue weighted by atomic mass is 16.6. The first-order valence-electron chi connectivity index (χ1n) is 9.11. The molecule has 2 atom stereocenters. The van der Waals surface area contributed by atoms with Crippen LogP contribution in [0.2, 0.25) is 0 Å². The molecule has 1 saturated heterocycles. The molecule has 27 heavy (non-hydrogen) atoms. The minimum Gasteiger partial charge on any atom is -0.444 e. The third-order valence-corrected chi connectivity index (χ3v) is 4.68. The number of carbonyl (C=O) groups excluding carboxylic acids is 3. The van der Waals surface area contributed by atoms with E-state index >= 15 is 0 Å². The summed E-state index contributed by atoms with van der Waals surface area (Å²) in [6.45, 7) is 7.27. The molecule has 1 aliphatic rings. The van der Waals surface area contributed by atoms with Gasteiger partial charge in [-0.05, 0) is 46.2 Å². The molecule has 2 aromatic rings. The lowest BCUT2D eigenvalue weighted by Crippen LogP contribution is -2.53. The summed E-state index contributed by atoms with van der Waals surface area (Å²) >= 11 is 0. The van der Waals surface area contributed by atoms with E-state index in [0.29, 0.717) is 6.54 Å². The van der Waals surface area contributed by atoms with Crippen molar-refractivity contribution in [2.45, 2.75) is 45.8 Å². The largest absolute Gasteiger partial charge is 0.444 e. The zero-order chi connectivity index (χ0) is 19.8. The first-order chi connectivity index (χ1) is 12.7. The lowest BCUT2D eigenvalue weighted by atomic mass is 9.85. The highest BCUT2D eigenvalue weighted by Gasteiger charge is 2.41. The molecule has 6 nitrogen and oxygen atoms in total. The number of ketones is 2. The molecular weight excluding hydrogens is 344 g/mol. The van der Waals surface area contributed by atoms with Crippen LogP contribution in [-0.4, -0.2) is 45.7 Å².